The Morgan fingerprint density at radius 1 is 1.00 bits per heavy atom. The molecule has 0 bridgehead atoms. The molecule has 148 valence electrons. The van der Waals surface area contributed by atoms with Crippen LogP contribution in [0.5, 0.6) is 0 Å². The lowest BCUT2D eigenvalue weighted by Crippen LogP contribution is -2.73. The maximum absolute atomic E-state index is 13.0. The first kappa shape index (κ1) is 18.1. The Morgan fingerprint density at radius 3 is 2.28 bits per heavy atom. The second-order valence-electron chi connectivity index (χ2n) is 8.12. The van der Waals surface area contributed by atoms with Gasteiger partial charge in [0, 0.05) is 42.5 Å². The summed E-state index contributed by atoms with van der Waals surface area (Å²) in [5.41, 5.74) is 9.33. The van der Waals surface area contributed by atoms with E-state index in [1.54, 1.807) is 0 Å². The average molecular weight is 407 g/mol. The number of hydrogen-bond donors (Lipinski definition) is 1. The van der Waals surface area contributed by atoms with Gasteiger partial charge in [0.1, 0.15) is 9.71 Å². The molecule has 2 aliphatic rings. The normalized spacial score (nSPS) is 17.3. The van der Waals surface area contributed by atoms with Gasteiger partial charge in [0.05, 0.1) is 11.4 Å². The highest BCUT2D eigenvalue weighted by Crippen LogP contribution is 2.43. The number of nitrogens with two attached hydrogens (primary N) is 1. The molecule has 0 unspecified atom stereocenters. The molecular formula is C21H21N5O2S. The summed E-state index contributed by atoms with van der Waals surface area (Å²) in [5.74, 6) is 0.000172. The number of aromatic nitrogens is 2. The van der Waals surface area contributed by atoms with Crippen molar-refractivity contribution in [2.24, 2.45) is 5.41 Å². The first-order valence-electron chi connectivity index (χ1n) is 9.54. The Kier molecular flexibility index (Phi) is 3.89. The number of hydrogen-bond acceptors (Lipinski definition) is 6. The van der Waals surface area contributed by atoms with E-state index in [9.17, 15) is 9.59 Å². The van der Waals surface area contributed by atoms with Crippen molar-refractivity contribution >= 4 is 39.1 Å². The van der Waals surface area contributed by atoms with Crippen LogP contribution < -0.4 is 5.73 Å². The highest BCUT2D eigenvalue weighted by Gasteiger charge is 2.54. The number of amides is 2. The maximum Gasteiger partial charge on any atom is 0.266 e. The van der Waals surface area contributed by atoms with Crippen LogP contribution in [0, 0.1) is 19.3 Å². The van der Waals surface area contributed by atoms with E-state index in [0.29, 0.717) is 47.1 Å². The summed E-state index contributed by atoms with van der Waals surface area (Å²) in [5, 5.41) is 9.17. The van der Waals surface area contributed by atoms with E-state index in [0.717, 1.165) is 16.6 Å². The number of anilines is 1. The van der Waals surface area contributed by atoms with Gasteiger partial charge in [-0.05, 0) is 31.5 Å². The topological polar surface area (TPSA) is 92.4 Å². The Morgan fingerprint density at radius 2 is 1.62 bits per heavy atom. The van der Waals surface area contributed by atoms with E-state index in [-0.39, 0.29) is 17.2 Å². The molecule has 2 aromatic heterocycles. The number of rotatable bonds is 2. The van der Waals surface area contributed by atoms with Gasteiger partial charge in [-0.2, -0.15) is 5.10 Å². The standard InChI is InChI=1S/C21H21N5O2S/c1-12-13(2)23-24-18-15(12)16(22)17(29-18)20(28)26-10-21(11-26)8-25(9-21)19(27)14-6-4-3-5-7-14/h3-7H,8-11,22H2,1-2H3. The fourth-order valence-electron chi connectivity index (χ4n) is 4.32. The van der Waals surface area contributed by atoms with Crippen molar-refractivity contribution in [3.05, 3.63) is 52.0 Å². The van der Waals surface area contributed by atoms with E-state index in [1.807, 2.05) is 54.0 Å². The minimum atomic E-state index is -0.0546. The van der Waals surface area contributed by atoms with Crippen LogP contribution in [0.2, 0.25) is 0 Å². The van der Waals surface area contributed by atoms with Crippen molar-refractivity contribution < 1.29 is 9.59 Å². The summed E-state index contributed by atoms with van der Waals surface area (Å²) in [6, 6.07) is 9.31. The minimum absolute atomic E-state index is 0.0256. The lowest BCUT2D eigenvalue weighted by Gasteiger charge is -2.60. The van der Waals surface area contributed by atoms with Gasteiger partial charge < -0.3 is 15.5 Å². The van der Waals surface area contributed by atoms with Gasteiger partial charge in [0.15, 0.2) is 0 Å². The van der Waals surface area contributed by atoms with Crippen LogP contribution in [-0.2, 0) is 0 Å². The number of aryl methyl sites for hydroxylation is 2. The molecule has 0 atom stereocenters. The van der Waals surface area contributed by atoms with Gasteiger partial charge in [0.2, 0.25) is 0 Å². The Balaban J connectivity index is 1.27. The Labute approximate surface area is 172 Å². The molecule has 0 radical (unpaired) electrons. The van der Waals surface area contributed by atoms with E-state index in [1.165, 1.54) is 11.3 Å². The molecule has 5 rings (SSSR count). The fraction of sp³-hybridized carbons (Fsp3) is 0.333. The van der Waals surface area contributed by atoms with Gasteiger partial charge in [-0.3, -0.25) is 9.59 Å². The quantitative estimate of drug-likeness (QED) is 0.705. The smallest absolute Gasteiger partial charge is 0.266 e. The summed E-state index contributed by atoms with van der Waals surface area (Å²) in [4.78, 5) is 30.4. The third-order valence-corrected chi connectivity index (χ3v) is 7.11. The first-order chi connectivity index (χ1) is 13.9. The van der Waals surface area contributed by atoms with Gasteiger partial charge in [0.25, 0.3) is 11.8 Å². The van der Waals surface area contributed by atoms with E-state index < -0.39 is 0 Å². The summed E-state index contributed by atoms with van der Waals surface area (Å²) >= 11 is 1.31. The van der Waals surface area contributed by atoms with Crippen molar-refractivity contribution in [2.45, 2.75) is 13.8 Å². The van der Waals surface area contributed by atoms with Crippen molar-refractivity contribution in [3.8, 4) is 0 Å². The second-order valence-corrected chi connectivity index (χ2v) is 9.12. The largest absolute Gasteiger partial charge is 0.397 e. The third-order valence-electron chi connectivity index (χ3n) is 6.03. The number of nitrogen functional groups attached to an aromatic ring is 1. The van der Waals surface area contributed by atoms with Crippen LogP contribution in [0.1, 0.15) is 31.3 Å². The molecule has 2 fully saturated rings. The molecule has 4 heterocycles. The average Bonchev–Trinajstić information content (AvgIpc) is 3.00. The van der Waals surface area contributed by atoms with Crippen LogP contribution >= 0.6 is 11.3 Å². The molecule has 2 saturated heterocycles. The highest BCUT2D eigenvalue weighted by atomic mass is 32.1. The summed E-state index contributed by atoms with van der Waals surface area (Å²) in [7, 11) is 0. The lowest BCUT2D eigenvalue weighted by molar-refractivity contribution is -0.0820. The van der Waals surface area contributed by atoms with E-state index in [2.05, 4.69) is 10.2 Å². The fourth-order valence-corrected chi connectivity index (χ4v) is 5.39. The third kappa shape index (κ3) is 2.70. The first-order valence-corrected chi connectivity index (χ1v) is 10.4. The molecule has 29 heavy (non-hydrogen) atoms. The van der Waals surface area contributed by atoms with Gasteiger partial charge in [-0.25, -0.2) is 0 Å². The summed E-state index contributed by atoms with van der Waals surface area (Å²) in [6.07, 6.45) is 0. The van der Waals surface area contributed by atoms with Crippen LogP contribution in [0.3, 0.4) is 0 Å². The van der Waals surface area contributed by atoms with Crippen LogP contribution in [0.4, 0.5) is 5.69 Å². The minimum Gasteiger partial charge on any atom is -0.397 e. The van der Waals surface area contributed by atoms with Crippen molar-refractivity contribution in [1.82, 2.24) is 20.0 Å². The zero-order valence-corrected chi connectivity index (χ0v) is 17.1. The number of likely N-dealkylation sites (tertiary alicyclic amines) is 2. The second kappa shape index (κ2) is 6.25. The molecule has 2 N–H and O–H groups in total. The van der Waals surface area contributed by atoms with Gasteiger partial charge >= 0.3 is 0 Å². The number of thiophene rings is 1. The molecule has 2 amide bonds. The maximum atomic E-state index is 13.0. The lowest BCUT2D eigenvalue weighted by atomic mass is 9.72. The monoisotopic (exact) mass is 407 g/mol. The zero-order valence-electron chi connectivity index (χ0n) is 16.3. The molecule has 1 spiro atoms. The molecule has 8 heteroatoms. The highest BCUT2D eigenvalue weighted by molar-refractivity contribution is 7.21. The van der Waals surface area contributed by atoms with Gasteiger partial charge in [-0.1, -0.05) is 18.2 Å². The molecule has 1 aromatic carbocycles. The van der Waals surface area contributed by atoms with E-state index >= 15 is 0 Å². The van der Waals surface area contributed by atoms with Crippen LogP contribution in [-0.4, -0.2) is 58.0 Å². The van der Waals surface area contributed by atoms with E-state index in [4.69, 9.17) is 5.73 Å². The molecule has 0 aliphatic carbocycles. The predicted molar refractivity (Wildman–Crippen MR) is 112 cm³/mol. The number of carbonyl (C=O) groups is 2. The number of fused-ring (bicyclic) bond motifs is 1. The van der Waals surface area contributed by atoms with Crippen LogP contribution in [0.25, 0.3) is 10.2 Å². The molecule has 0 saturated carbocycles. The van der Waals surface area contributed by atoms with Gasteiger partial charge in [-0.15, -0.1) is 16.4 Å². The number of carbonyl (C=O) groups excluding carboxylic acids is 2. The summed E-state index contributed by atoms with van der Waals surface area (Å²) in [6.45, 7) is 6.53. The molecule has 2 aliphatic heterocycles. The summed E-state index contributed by atoms with van der Waals surface area (Å²) < 4.78 is 0. The predicted octanol–water partition coefficient (Wildman–Crippen LogP) is 2.49. The number of benzene rings is 1. The SMILES string of the molecule is Cc1nnc2sc(C(=O)N3CC4(CN(C(=O)c5ccccc5)C4)C3)c(N)c2c1C. The Hall–Kier alpha value is -3.00. The molecular weight excluding hydrogens is 386 g/mol. The Bertz CT molecular complexity index is 1140. The van der Waals surface area contributed by atoms with Crippen LogP contribution in [0.15, 0.2) is 30.3 Å². The molecule has 7 nitrogen and oxygen atoms in total. The van der Waals surface area contributed by atoms with Crippen molar-refractivity contribution in [3.63, 3.8) is 0 Å². The number of nitrogens with zero attached hydrogens (tertiary/aromatic N) is 4. The van der Waals surface area contributed by atoms with Crippen molar-refractivity contribution in [1.29, 1.82) is 0 Å². The zero-order chi connectivity index (χ0) is 20.3. The van der Waals surface area contributed by atoms with Crippen molar-refractivity contribution in [2.75, 3.05) is 31.9 Å². The molecule has 3 aromatic rings.